The summed E-state index contributed by atoms with van der Waals surface area (Å²) in [6.45, 7) is 3.26. The second-order valence-corrected chi connectivity index (χ2v) is 5.02. The van der Waals surface area contributed by atoms with Crippen LogP contribution in [0, 0.1) is 11.3 Å². The van der Waals surface area contributed by atoms with Crippen molar-refractivity contribution >= 4 is 11.8 Å². The highest BCUT2D eigenvalue weighted by atomic mass is 32.2. The minimum Gasteiger partial charge on any atom is -0.301 e. The van der Waals surface area contributed by atoms with Crippen LogP contribution in [0.15, 0.2) is 24.3 Å². The molecule has 0 saturated carbocycles. The van der Waals surface area contributed by atoms with Crippen molar-refractivity contribution < 1.29 is 0 Å². The number of benzene rings is 1. The molecule has 1 N–H and O–H groups in total. The van der Waals surface area contributed by atoms with Crippen LogP contribution in [0.3, 0.4) is 0 Å². The van der Waals surface area contributed by atoms with Crippen molar-refractivity contribution in [3.8, 4) is 6.07 Å². The maximum absolute atomic E-state index is 8.78. The van der Waals surface area contributed by atoms with Crippen molar-refractivity contribution in [3.05, 3.63) is 35.4 Å². The lowest BCUT2D eigenvalue weighted by Gasteiger charge is -2.09. The number of hydrogen-bond acceptors (Lipinski definition) is 3. The quantitative estimate of drug-likeness (QED) is 0.762. The average Bonchev–Trinajstić information content (AvgIpc) is 2.65. The molecule has 1 saturated heterocycles. The normalized spacial score (nSPS) is 26.0. The molecule has 2 nitrogen and oxygen atoms in total. The molecule has 0 radical (unpaired) electrons. The van der Waals surface area contributed by atoms with Gasteiger partial charge in [-0.25, -0.2) is 0 Å². The van der Waals surface area contributed by atoms with Crippen LogP contribution >= 0.6 is 11.8 Å². The first kappa shape index (κ1) is 9.57. The summed E-state index contributed by atoms with van der Waals surface area (Å²) in [5.74, 6) is 0. The average molecular weight is 204 g/mol. The van der Waals surface area contributed by atoms with E-state index in [1.165, 1.54) is 5.56 Å². The van der Waals surface area contributed by atoms with Gasteiger partial charge in [0.1, 0.15) is 0 Å². The van der Waals surface area contributed by atoms with Crippen LogP contribution in [0.25, 0.3) is 0 Å². The van der Waals surface area contributed by atoms with Crippen LogP contribution in [-0.2, 0) is 0 Å². The van der Waals surface area contributed by atoms with E-state index in [-0.39, 0.29) is 0 Å². The number of rotatable bonds is 1. The van der Waals surface area contributed by atoms with E-state index in [2.05, 4.69) is 24.4 Å². The van der Waals surface area contributed by atoms with Gasteiger partial charge in [-0.3, -0.25) is 0 Å². The van der Waals surface area contributed by atoms with Gasteiger partial charge < -0.3 is 5.32 Å². The molecule has 1 aliphatic rings. The number of thioether (sulfide) groups is 1. The second kappa shape index (κ2) is 4.04. The smallest absolute Gasteiger partial charge is 0.0991 e. The first-order valence-electron chi connectivity index (χ1n) is 4.68. The van der Waals surface area contributed by atoms with Gasteiger partial charge in [0.2, 0.25) is 0 Å². The number of nitrogens with one attached hydrogen (secondary N) is 1. The molecule has 72 valence electrons. The van der Waals surface area contributed by atoms with Crippen LogP contribution in [0.4, 0.5) is 0 Å². The third-order valence-corrected chi connectivity index (χ3v) is 3.62. The van der Waals surface area contributed by atoms with E-state index >= 15 is 0 Å². The molecule has 0 aliphatic carbocycles. The highest BCUT2D eigenvalue weighted by Crippen LogP contribution is 2.34. The van der Waals surface area contributed by atoms with Gasteiger partial charge in [-0.05, 0) is 17.7 Å². The minimum absolute atomic E-state index is 0.360. The van der Waals surface area contributed by atoms with E-state index in [4.69, 9.17) is 5.26 Å². The van der Waals surface area contributed by atoms with E-state index < -0.39 is 0 Å². The van der Waals surface area contributed by atoms with Crippen LogP contribution in [0.2, 0.25) is 0 Å². The highest BCUT2D eigenvalue weighted by molar-refractivity contribution is 8.00. The van der Waals surface area contributed by atoms with Gasteiger partial charge in [-0.15, -0.1) is 11.8 Å². The second-order valence-electron chi connectivity index (χ2n) is 3.47. The lowest BCUT2D eigenvalue weighted by atomic mass is 10.1. The van der Waals surface area contributed by atoms with E-state index in [1.54, 1.807) is 0 Å². The van der Waals surface area contributed by atoms with Gasteiger partial charge in [0, 0.05) is 11.8 Å². The van der Waals surface area contributed by atoms with Crippen molar-refractivity contribution in [2.24, 2.45) is 0 Å². The van der Waals surface area contributed by atoms with Crippen molar-refractivity contribution in [1.82, 2.24) is 5.32 Å². The fourth-order valence-electron chi connectivity index (χ4n) is 1.57. The lowest BCUT2D eigenvalue weighted by molar-refractivity contribution is 0.717. The van der Waals surface area contributed by atoms with Crippen molar-refractivity contribution in [3.63, 3.8) is 0 Å². The molecule has 1 aromatic rings. The predicted octanol–water partition coefficient (Wildman–Crippen LogP) is 2.28. The Morgan fingerprint density at radius 1 is 1.57 bits per heavy atom. The summed E-state index contributed by atoms with van der Waals surface area (Å²) in [5, 5.41) is 13.2. The Hall–Kier alpha value is -0.980. The van der Waals surface area contributed by atoms with E-state index in [9.17, 15) is 0 Å². The van der Waals surface area contributed by atoms with Crippen molar-refractivity contribution in [1.29, 1.82) is 5.26 Å². The van der Waals surface area contributed by atoms with Crippen LogP contribution in [-0.4, -0.2) is 11.8 Å². The SMILES string of the molecule is CC1CNC(c2cccc(C#N)c2)S1. The zero-order valence-electron chi connectivity index (χ0n) is 8.03. The van der Waals surface area contributed by atoms with Gasteiger partial charge >= 0.3 is 0 Å². The summed E-state index contributed by atoms with van der Waals surface area (Å²) in [6.07, 6.45) is 0. The molecular formula is C11H12N2S. The molecule has 2 unspecified atom stereocenters. The molecule has 0 aromatic heterocycles. The van der Waals surface area contributed by atoms with E-state index in [0.717, 1.165) is 12.1 Å². The molecule has 0 bridgehead atoms. The summed E-state index contributed by atoms with van der Waals surface area (Å²) in [4.78, 5) is 0. The lowest BCUT2D eigenvalue weighted by Crippen LogP contribution is -2.13. The molecule has 2 atom stereocenters. The molecular weight excluding hydrogens is 192 g/mol. The Bertz CT molecular complexity index is 370. The molecule has 1 aliphatic heterocycles. The van der Waals surface area contributed by atoms with E-state index in [1.807, 2.05) is 30.0 Å². The summed E-state index contributed by atoms with van der Waals surface area (Å²) in [7, 11) is 0. The summed E-state index contributed by atoms with van der Waals surface area (Å²) >= 11 is 1.92. The molecule has 0 spiro atoms. The first-order valence-corrected chi connectivity index (χ1v) is 5.63. The summed E-state index contributed by atoms with van der Waals surface area (Å²) in [6, 6.07) is 9.98. The summed E-state index contributed by atoms with van der Waals surface area (Å²) in [5.41, 5.74) is 1.95. The van der Waals surface area contributed by atoms with Gasteiger partial charge in [-0.1, -0.05) is 19.1 Å². The maximum Gasteiger partial charge on any atom is 0.0991 e. The zero-order valence-corrected chi connectivity index (χ0v) is 8.84. The third kappa shape index (κ3) is 1.92. The molecule has 1 heterocycles. The number of nitriles is 1. The fourth-order valence-corrected chi connectivity index (χ4v) is 2.72. The molecule has 2 rings (SSSR count). The number of nitrogens with zero attached hydrogens (tertiary/aromatic N) is 1. The van der Waals surface area contributed by atoms with Crippen molar-refractivity contribution in [2.75, 3.05) is 6.54 Å². The maximum atomic E-state index is 8.78. The number of hydrogen-bond donors (Lipinski definition) is 1. The molecule has 1 fully saturated rings. The Morgan fingerprint density at radius 3 is 3.07 bits per heavy atom. The van der Waals surface area contributed by atoms with Crippen LogP contribution < -0.4 is 5.32 Å². The Kier molecular flexibility index (Phi) is 2.76. The predicted molar refractivity (Wildman–Crippen MR) is 59.0 cm³/mol. The van der Waals surface area contributed by atoms with Gasteiger partial charge in [0.05, 0.1) is 17.0 Å². The van der Waals surface area contributed by atoms with Crippen LogP contribution in [0.1, 0.15) is 23.4 Å². The Morgan fingerprint density at radius 2 is 2.43 bits per heavy atom. The first-order chi connectivity index (χ1) is 6.79. The molecule has 0 amide bonds. The van der Waals surface area contributed by atoms with Crippen LogP contribution in [0.5, 0.6) is 0 Å². The Labute approximate surface area is 88.3 Å². The standard InChI is InChI=1S/C11H12N2S/c1-8-7-13-11(14-8)10-4-2-3-9(5-10)6-12/h2-5,8,11,13H,7H2,1H3. The molecule has 14 heavy (non-hydrogen) atoms. The van der Waals surface area contributed by atoms with Gasteiger partial charge in [0.25, 0.3) is 0 Å². The topological polar surface area (TPSA) is 35.8 Å². The van der Waals surface area contributed by atoms with E-state index in [0.29, 0.717) is 10.6 Å². The zero-order chi connectivity index (χ0) is 9.97. The molecule has 3 heteroatoms. The monoisotopic (exact) mass is 204 g/mol. The third-order valence-electron chi connectivity index (χ3n) is 2.28. The van der Waals surface area contributed by atoms with Gasteiger partial charge in [0.15, 0.2) is 0 Å². The largest absolute Gasteiger partial charge is 0.301 e. The molecule has 1 aromatic carbocycles. The van der Waals surface area contributed by atoms with Crippen molar-refractivity contribution in [2.45, 2.75) is 17.5 Å². The highest BCUT2D eigenvalue weighted by Gasteiger charge is 2.22. The minimum atomic E-state index is 0.360. The van der Waals surface area contributed by atoms with Gasteiger partial charge in [-0.2, -0.15) is 5.26 Å². The summed E-state index contributed by atoms with van der Waals surface area (Å²) < 4.78 is 0. The Balaban J connectivity index is 2.20. The fraction of sp³-hybridized carbons (Fsp3) is 0.364.